The summed E-state index contributed by atoms with van der Waals surface area (Å²) >= 11 is 0. The van der Waals surface area contributed by atoms with Crippen molar-refractivity contribution in [3.8, 4) is 0 Å². The fraction of sp³-hybridized carbons (Fsp3) is 0.667. The number of hydrogen-bond acceptors (Lipinski definition) is 5. The van der Waals surface area contributed by atoms with Crippen LogP contribution in [0.1, 0.15) is 38.3 Å². The summed E-state index contributed by atoms with van der Waals surface area (Å²) in [6.45, 7) is 9.72. The second kappa shape index (κ2) is 10.3. The lowest BCUT2D eigenvalue weighted by molar-refractivity contribution is 0.0493. The maximum Gasteiger partial charge on any atom is 0.407 e. The van der Waals surface area contributed by atoms with E-state index in [0.29, 0.717) is 13.2 Å². The number of rotatable bonds is 9. The highest BCUT2D eigenvalue weighted by Crippen LogP contribution is 2.07. The first-order valence-corrected chi connectivity index (χ1v) is 8.40. The van der Waals surface area contributed by atoms with Crippen LogP contribution in [0.25, 0.3) is 0 Å². The molecule has 0 unspecified atom stereocenters. The number of carbonyl (C=O) groups excluding carboxylic acids is 1. The van der Waals surface area contributed by atoms with Gasteiger partial charge in [0.15, 0.2) is 0 Å². The predicted octanol–water partition coefficient (Wildman–Crippen LogP) is 2.45. The molecule has 1 amide bonds. The Labute approximate surface area is 145 Å². The Kier molecular flexibility index (Phi) is 8.71. The number of methoxy groups -OCH3 is 1. The molecule has 1 atom stereocenters. The standard InChI is InChI=1S/C18H31N3O3/c1-14-12-19-9-6-15(14)7-10-20-13-16(8-11-23-5)21-17(22)24-18(2,3)4/h6,9,12,16,20H,7-8,10-11,13H2,1-5H3,(H,21,22)/t16-/m1/s1. The van der Waals surface area contributed by atoms with Crippen LogP contribution in [0.2, 0.25) is 0 Å². The third kappa shape index (κ3) is 8.84. The molecule has 1 aromatic heterocycles. The molecular formula is C18H31N3O3. The van der Waals surface area contributed by atoms with Crippen molar-refractivity contribution in [2.24, 2.45) is 0 Å². The van der Waals surface area contributed by atoms with Crippen LogP contribution >= 0.6 is 0 Å². The molecule has 0 aliphatic rings. The Bertz CT molecular complexity index is 501. The number of amides is 1. The zero-order valence-corrected chi connectivity index (χ0v) is 15.5. The van der Waals surface area contributed by atoms with Gasteiger partial charge < -0.3 is 20.1 Å². The van der Waals surface area contributed by atoms with E-state index in [1.165, 1.54) is 11.1 Å². The van der Waals surface area contributed by atoms with E-state index < -0.39 is 11.7 Å². The Morgan fingerprint density at radius 2 is 2.12 bits per heavy atom. The molecule has 0 bridgehead atoms. The molecule has 1 aromatic rings. The number of alkyl carbamates (subject to hydrolysis) is 1. The maximum absolute atomic E-state index is 11.9. The summed E-state index contributed by atoms with van der Waals surface area (Å²) in [6, 6.07) is 2.01. The van der Waals surface area contributed by atoms with Crippen LogP contribution in [-0.2, 0) is 15.9 Å². The summed E-state index contributed by atoms with van der Waals surface area (Å²) < 4.78 is 10.4. The summed E-state index contributed by atoms with van der Waals surface area (Å²) in [5.74, 6) is 0. The lowest BCUT2D eigenvalue weighted by Gasteiger charge is -2.24. The Hall–Kier alpha value is -1.66. The fourth-order valence-electron chi connectivity index (χ4n) is 2.24. The van der Waals surface area contributed by atoms with Crippen LogP contribution in [0.4, 0.5) is 4.79 Å². The van der Waals surface area contributed by atoms with Crippen LogP contribution in [0.3, 0.4) is 0 Å². The van der Waals surface area contributed by atoms with Crippen LogP contribution in [0.15, 0.2) is 18.5 Å². The van der Waals surface area contributed by atoms with Crippen molar-refractivity contribution in [1.82, 2.24) is 15.6 Å². The molecule has 1 heterocycles. The molecule has 136 valence electrons. The van der Waals surface area contributed by atoms with Gasteiger partial charge in [-0.1, -0.05) is 0 Å². The second-order valence-corrected chi connectivity index (χ2v) is 6.88. The number of hydrogen-bond donors (Lipinski definition) is 2. The molecular weight excluding hydrogens is 306 g/mol. The fourth-order valence-corrected chi connectivity index (χ4v) is 2.24. The van der Waals surface area contributed by atoms with Crippen LogP contribution in [-0.4, -0.2) is 49.5 Å². The number of aromatic nitrogens is 1. The zero-order valence-electron chi connectivity index (χ0n) is 15.5. The van der Waals surface area contributed by atoms with Gasteiger partial charge in [0.05, 0.1) is 0 Å². The minimum absolute atomic E-state index is 0.0293. The molecule has 0 aliphatic heterocycles. The number of ether oxygens (including phenoxy) is 2. The Balaban J connectivity index is 2.39. The van der Waals surface area contributed by atoms with E-state index in [4.69, 9.17) is 9.47 Å². The summed E-state index contributed by atoms with van der Waals surface area (Å²) in [4.78, 5) is 16.0. The topological polar surface area (TPSA) is 72.5 Å². The van der Waals surface area contributed by atoms with Gasteiger partial charge >= 0.3 is 6.09 Å². The van der Waals surface area contributed by atoms with Gasteiger partial charge in [0.2, 0.25) is 0 Å². The van der Waals surface area contributed by atoms with Crippen molar-refractivity contribution in [3.63, 3.8) is 0 Å². The van der Waals surface area contributed by atoms with Crippen LogP contribution in [0.5, 0.6) is 0 Å². The van der Waals surface area contributed by atoms with Gasteiger partial charge in [-0.2, -0.15) is 0 Å². The van der Waals surface area contributed by atoms with E-state index in [1.807, 2.05) is 39.2 Å². The number of aryl methyl sites for hydroxylation is 1. The maximum atomic E-state index is 11.9. The normalized spacial score (nSPS) is 12.7. The minimum Gasteiger partial charge on any atom is -0.444 e. The van der Waals surface area contributed by atoms with Gasteiger partial charge in [0.1, 0.15) is 5.60 Å². The Morgan fingerprint density at radius 3 is 2.75 bits per heavy atom. The van der Waals surface area contributed by atoms with Gasteiger partial charge in [-0.25, -0.2) is 4.79 Å². The molecule has 24 heavy (non-hydrogen) atoms. The smallest absolute Gasteiger partial charge is 0.407 e. The monoisotopic (exact) mass is 337 g/mol. The number of nitrogens with zero attached hydrogens (tertiary/aromatic N) is 1. The summed E-state index contributed by atoms with van der Waals surface area (Å²) in [6.07, 6.45) is 4.96. The molecule has 2 N–H and O–H groups in total. The summed E-state index contributed by atoms with van der Waals surface area (Å²) in [7, 11) is 1.66. The molecule has 6 nitrogen and oxygen atoms in total. The van der Waals surface area contributed by atoms with Crippen LogP contribution in [0, 0.1) is 6.92 Å². The van der Waals surface area contributed by atoms with Gasteiger partial charge in [0, 0.05) is 38.7 Å². The summed E-state index contributed by atoms with van der Waals surface area (Å²) in [5.41, 5.74) is 1.98. The quantitative estimate of drug-likeness (QED) is 0.677. The van der Waals surface area contributed by atoms with Crippen molar-refractivity contribution in [3.05, 3.63) is 29.6 Å². The summed E-state index contributed by atoms with van der Waals surface area (Å²) in [5, 5.41) is 6.30. The molecule has 0 aromatic carbocycles. The van der Waals surface area contributed by atoms with Crippen LogP contribution < -0.4 is 10.6 Å². The van der Waals surface area contributed by atoms with Crippen molar-refractivity contribution < 1.29 is 14.3 Å². The average molecular weight is 337 g/mol. The molecule has 0 fully saturated rings. The second-order valence-electron chi connectivity index (χ2n) is 6.88. The van der Waals surface area contributed by atoms with Crippen molar-refractivity contribution in [2.75, 3.05) is 26.8 Å². The van der Waals surface area contributed by atoms with E-state index in [2.05, 4.69) is 22.5 Å². The molecule has 1 rings (SSSR count). The highest BCUT2D eigenvalue weighted by atomic mass is 16.6. The Morgan fingerprint density at radius 1 is 1.38 bits per heavy atom. The van der Waals surface area contributed by atoms with E-state index in [0.717, 1.165) is 19.4 Å². The largest absolute Gasteiger partial charge is 0.444 e. The highest BCUT2D eigenvalue weighted by Gasteiger charge is 2.19. The van der Waals surface area contributed by atoms with Gasteiger partial charge in [0.25, 0.3) is 0 Å². The third-order valence-electron chi connectivity index (χ3n) is 3.49. The molecule has 0 radical (unpaired) electrons. The first-order chi connectivity index (χ1) is 11.3. The average Bonchev–Trinajstić information content (AvgIpc) is 2.48. The van der Waals surface area contributed by atoms with Crippen molar-refractivity contribution in [2.45, 2.75) is 52.2 Å². The van der Waals surface area contributed by atoms with E-state index in [9.17, 15) is 4.79 Å². The van der Waals surface area contributed by atoms with Gasteiger partial charge in [-0.15, -0.1) is 0 Å². The van der Waals surface area contributed by atoms with Gasteiger partial charge in [-0.3, -0.25) is 4.98 Å². The number of carbonyl (C=O) groups is 1. The van der Waals surface area contributed by atoms with E-state index >= 15 is 0 Å². The first kappa shape index (κ1) is 20.4. The number of pyridine rings is 1. The van der Waals surface area contributed by atoms with Crippen molar-refractivity contribution in [1.29, 1.82) is 0 Å². The predicted molar refractivity (Wildman–Crippen MR) is 95.2 cm³/mol. The highest BCUT2D eigenvalue weighted by molar-refractivity contribution is 5.68. The third-order valence-corrected chi connectivity index (χ3v) is 3.49. The molecule has 0 aliphatic carbocycles. The molecule has 6 heteroatoms. The molecule has 0 spiro atoms. The zero-order chi connectivity index (χ0) is 18.0. The first-order valence-electron chi connectivity index (χ1n) is 8.40. The lowest BCUT2D eigenvalue weighted by Crippen LogP contribution is -2.45. The van der Waals surface area contributed by atoms with Crippen molar-refractivity contribution >= 4 is 6.09 Å². The number of nitrogens with one attached hydrogen (secondary N) is 2. The van der Waals surface area contributed by atoms with E-state index in [-0.39, 0.29) is 6.04 Å². The van der Waals surface area contributed by atoms with Gasteiger partial charge in [-0.05, 0) is 64.3 Å². The SMILES string of the molecule is COCC[C@H](CNCCc1ccncc1C)NC(=O)OC(C)(C)C. The molecule has 0 saturated carbocycles. The molecule has 0 saturated heterocycles. The minimum atomic E-state index is -0.498. The van der Waals surface area contributed by atoms with E-state index in [1.54, 1.807) is 7.11 Å². The lowest BCUT2D eigenvalue weighted by atomic mass is 10.1.